The summed E-state index contributed by atoms with van der Waals surface area (Å²) in [5, 5.41) is 8.85. The molecule has 2 aromatic heterocycles. The van der Waals surface area contributed by atoms with E-state index in [4.69, 9.17) is 5.26 Å². The monoisotopic (exact) mass is 291 g/mol. The molecule has 0 saturated carbocycles. The molecule has 0 fully saturated rings. The topological polar surface area (TPSA) is 67.4 Å². The third-order valence-electron chi connectivity index (χ3n) is 3.87. The largest absolute Gasteiger partial charge is 0.311 e. The Kier molecular flexibility index (Phi) is 3.84. The number of imidazole rings is 1. The van der Waals surface area contributed by atoms with Crippen molar-refractivity contribution in [3.05, 3.63) is 53.7 Å². The van der Waals surface area contributed by atoms with Gasteiger partial charge in [0, 0.05) is 5.92 Å². The lowest BCUT2D eigenvalue weighted by Gasteiger charge is -2.08. The van der Waals surface area contributed by atoms with Crippen molar-refractivity contribution >= 4 is 11.2 Å². The van der Waals surface area contributed by atoms with Gasteiger partial charge in [0.2, 0.25) is 0 Å². The van der Waals surface area contributed by atoms with Crippen LogP contribution in [0.2, 0.25) is 0 Å². The van der Waals surface area contributed by atoms with Crippen molar-refractivity contribution in [3.63, 3.8) is 0 Å². The third kappa shape index (κ3) is 2.68. The first-order valence-electron chi connectivity index (χ1n) is 7.38. The molecule has 0 bridgehead atoms. The number of aromatic nitrogens is 4. The first-order chi connectivity index (χ1) is 10.7. The van der Waals surface area contributed by atoms with Gasteiger partial charge >= 0.3 is 0 Å². The van der Waals surface area contributed by atoms with Gasteiger partial charge in [0.05, 0.1) is 30.7 Å². The Labute approximate surface area is 129 Å². The van der Waals surface area contributed by atoms with E-state index in [1.54, 1.807) is 12.5 Å². The van der Waals surface area contributed by atoms with Crippen molar-refractivity contribution in [1.82, 2.24) is 19.5 Å². The molecule has 3 aromatic rings. The number of nitriles is 1. The predicted molar refractivity (Wildman–Crippen MR) is 84.3 cm³/mol. The van der Waals surface area contributed by atoms with E-state index in [1.165, 1.54) is 0 Å². The summed E-state index contributed by atoms with van der Waals surface area (Å²) < 4.78 is 2.02. The third-order valence-corrected chi connectivity index (χ3v) is 3.87. The van der Waals surface area contributed by atoms with Crippen LogP contribution in [0, 0.1) is 11.3 Å². The molecule has 1 aromatic carbocycles. The van der Waals surface area contributed by atoms with Crippen molar-refractivity contribution in [1.29, 1.82) is 5.26 Å². The average Bonchev–Trinajstić information content (AvgIpc) is 2.97. The molecule has 5 heteroatoms. The maximum atomic E-state index is 8.85. The molecule has 0 saturated heterocycles. The van der Waals surface area contributed by atoms with Gasteiger partial charge in [0.15, 0.2) is 5.65 Å². The van der Waals surface area contributed by atoms with Gasteiger partial charge in [0.1, 0.15) is 11.3 Å². The lowest BCUT2D eigenvalue weighted by molar-refractivity contribution is 0.678. The molecule has 3 rings (SSSR count). The van der Waals surface area contributed by atoms with Crippen molar-refractivity contribution in [3.8, 4) is 6.07 Å². The number of fused-ring (bicyclic) bond motifs is 1. The van der Waals surface area contributed by atoms with Crippen LogP contribution in [0.15, 0.2) is 36.8 Å². The fraction of sp³-hybridized carbons (Fsp3) is 0.294. The maximum absolute atomic E-state index is 8.85. The minimum absolute atomic E-state index is 0.336. The number of benzene rings is 1. The van der Waals surface area contributed by atoms with Crippen LogP contribution in [0.3, 0.4) is 0 Å². The molecule has 22 heavy (non-hydrogen) atoms. The second-order valence-corrected chi connectivity index (χ2v) is 5.43. The summed E-state index contributed by atoms with van der Waals surface area (Å²) in [5.41, 5.74) is 3.44. The molecule has 5 nitrogen and oxygen atoms in total. The van der Waals surface area contributed by atoms with Crippen molar-refractivity contribution in [2.24, 2.45) is 0 Å². The smallest absolute Gasteiger partial charge is 0.163 e. The van der Waals surface area contributed by atoms with E-state index in [1.807, 2.05) is 28.8 Å². The molecular formula is C17H17N5. The molecule has 0 radical (unpaired) electrons. The number of hydrogen-bond donors (Lipinski definition) is 0. The van der Waals surface area contributed by atoms with Gasteiger partial charge in [-0.2, -0.15) is 5.26 Å². The first-order valence-corrected chi connectivity index (χ1v) is 7.38. The van der Waals surface area contributed by atoms with E-state index in [0.717, 1.165) is 29.0 Å². The Balaban J connectivity index is 1.94. The van der Waals surface area contributed by atoms with Crippen LogP contribution in [-0.4, -0.2) is 19.5 Å². The van der Waals surface area contributed by atoms with Crippen molar-refractivity contribution in [2.75, 3.05) is 0 Å². The first kappa shape index (κ1) is 14.2. The highest BCUT2D eigenvalue weighted by Gasteiger charge is 2.11. The van der Waals surface area contributed by atoms with Crippen LogP contribution in [0.1, 0.15) is 43.1 Å². The molecular weight excluding hydrogens is 274 g/mol. The van der Waals surface area contributed by atoms with E-state index < -0.39 is 0 Å². The van der Waals surface area contributed by atoms with Gasteiger partial charge in [-0.15, -0.1) is 0 Å². The molecule has 0 N–H and O–H groups in total. The highest BCUT2D eigenvalue weighted by Crippen LogP contribution is 2.18. The highest BCUT2D eigenvalue weighted by molar-refractivity contribution is 5.69. The van der Waals surface area contributed by atoms with Gasteiger partial charge in [-0.25, -0.2) is 15.0 Å². The second-order valence-electron chi connectivity index (χ2n) is 5.43. The van der Waals surface area contributed by atoms with E-state index >= 15 is 0 Å². The molecule has 0 aliphatic carbocycles. The Morgan fingerprint density at radius 2 is 2.00 bits per heavy atom. The molecule has 110 valence electrons. The minimum Gasteiger partial charge on any atom is -0.311 e. The Hall–Kier alpha value is -2.74. The summed E-state index contributed by atoms with van der Waals surface area (Å²) >= 11 is 0. The van der Waals surface area contributed by atoms with Gasteiger partial charge in [0.25, 0.3) is 0 Å². The SMILES string of the molecule is CCC(C)c1ncc2ncn(Cc3ccc(C#N)cc3)c2n1. The van der Waals surface area contributed by atoms with Gasteiger partial charge in [-0.05, 0) is 24.1 Å². The zero-order valence-corrected chi connectivity index (χ0v) is 12.7. The average molecular weight is 291 g/mol. The van der Waals surface area contributed by atoms with Gasteiger partial charge in [-0.3, -0.25) is 0 Å². The summed E-state index contributed by atoms with van der Waals surface area (Å²) in [7, 11) is 0. The number of nitrogens with zero attached hydrogens (tertiary/aromatic N) is 5. The molecule has 1 atom stereocenters. The predicted octanol–water partition coefficient (Wildman–Crippen LogP) is 3.26. The van der Waals surface area contributed by atoms with Crippen molar-refractivity contribution in [2.45, 2.75) is 32.7 Å². The summed E-state index contributed by atoms with van der Waals surface area (Å²) in [4.78, 5) is 13.4. The van der Waals surface area contributed by atoms with Crippen LogP contribution < -0.4 is 0 Å². The van der Waals surface area contributed by atoms with Gasteiger partial charge < -0.3 is 4.57 Å². The minimum atomic E-state index is 0.336. The van der Waals surface area contributed by atoms with E-state index in [-0.39, 0.29) is 0 Å². The number of hydrogen-bond acceptors (Lipinski definition) is 4. The lowest BCUT2D eigenvalue weighted by Crippen LogP contribution is -2.04. The van der Waals surface area contributed by atoms with Crippen LogP contribution in [0.5, 0.6) is 0 Å². The molecule has 0 spiro atoms. The van der Waals surface area contributed by atoms with E-state index in [9.17, 15) is 0 Å². The molecule has 0 aliphatic heterocycles. The molecule has 0 aliphatic rings. The Morgan fingerprint density at radius 1 is 1.23 bits per heavy atom. The van der Waals surface area contributed by atoms with E-state index in [2.05, 4.69) is 34.9 Å². The van der Waals surface area contributed by atoms with Crippen LogP contribution in [0.4, 0.5) is 0 Å². The van der Waals surface area contributed by atoms with E-state index in [0.29, 0.717) is 18.0 Å². The highest BCUT2D eigenvalue weighted by atomic mass is 15.1. The zero-order valence-electron chi connectivity index (χ0n) is 12.7. The van der Waals surface area contributed by atoms with Crippen LogP contribution in [-0.2, 0) is 6.54 Å². The normalized spacial score (nSPS) is 12.2. The fourth-order valence-corrected chi connectivity index (χ4v) is 2.29. The summed E-state index contributed by atoms with van der Waals surface area (Å²) in [6.45, 7) is 4.94. The summed E-state index contributed by atoms with van der Waals surface area (Å²) in [5.74, 6) is 1.19. The summed E-state index contributed by atoms with van der Waals surface area (Å²) in [6, 6.07) is 9.70. The zero-order chi connectivity index (χ0) is 15.5. The summed E-state index contributed by atoms with van der Waals surface area (Å²) in [6.07, 6.45) is 4.59. The fourth-order valence-electron chi connectivity index (χ4n) is 2.29. The Morgan fingerprint density at radius 3 is 2.68 bits per heavy atom. The second kappa shape index (κ2) is 5.94. The quantitative estimate of drug-likeness (QED) is 0.740. The van der Waals surface area contributed by atoms with Crippen LogP contribution in [0.25, 0.3) is 11.2 Å². The van der Waals surface area contributed by atoms with Crippen LogP contribution >= 0.6 is 0 Å². The standard InChI is InChI=1S/C17H17N5/c1-3-12(2)16-19-9-15-17(21-16)22(11-20-15)10-14-6-4-13(8-18)5-7-14/h4-7,9,11-12H,3,10H2,1-2H3. The Bertz CT molecular complexity index is 826. The molecule has 1 unspecified atom stereocenters. The molecule has 2 heterocycles. The van der Waals surface area contributed by atoms with Crippen molar-refractivity contribution < 1.29 is 0 Å². The molecule has 0 amide bonds. The lowest BCUT2D eigenvalue weighted by atomic mass is 10.1. The number of rotatable bonds is 4. The maximum Gasteiger partial charge on any atom is 0.163 e. The van der Waals surface area contributed by atoms with Gasteiger partial charge in [-0.1, -0.05) is 26.0 Å².